The number of hydrogen-bond acceptors (Lipinski definition) is 17. The van der Waals surface area contributed by atoms with Crippen LogP contribution in [0.4, 0.5) is 15.8 Å². The van der Waals surface area contributed by atoms with Crippen LogP contribution in [0.2, 0.25) is 0 Å². The molecule has 11 rings (SSSR count). The molecule has 4 aliphatic heterocycles. The van der Waals surface area contributed by atoms with E-state index >= 15 is 0 Å². The third kappa shape index (κ3) is 11.2. The lowest BCUT2D eigenvalue weighted by Crippen LogP contribution is -2.60. The van der Waals surface area contributed by atoms with Gasteiger partial charge in [0, 0.05) is 106 Å². The number of pyridine rings is 3. The van der Waals surface area contributed by atoms with Crippen LogP contribution < -0.4 is 33.3 Å². The molecule has 1 amide bonds. The summed E-state index contributed by atoms with van der Waals surface area (Å²) in [7, 11) is -3.39. The van der Waals surface area contributed by atoms with Gasteiger partial charge in [-0.1, -0.05) is 38.1 Å². The molecular formula is C57H66FN9O11S. The molecule has 2 N–H and O–H groups in total. The number of piperidine rings is 1. The number of carbonyl (C=O) groups excluding carboxylic acids is 1. The highest BCUT2D eigenvalue weighted by atomic mass is 32.2. The van der Waals surface area contributed by atoms with Crippen molar-refractivity contribution in [1.29, 1.82) is 0 Å². The van der Waals surface area contributed by atoms with Crippen molar-refractivity contribution in [3.05, 3.63) is 117 Å². The molecule has 3 saturated heterocycles. The lowest BCUT2D eigenvalue weighted by Gasteiger charge is -2.58. The van der Waals surface area contributed by atoms with Crippen LogP contribution in [0.1, 0.15) is 105 Å². The van der Waals surface area contributed by atoms with E-state index in [2.05, 4.69) is 72.7 Å². The van der Waals surface area contributed by atoms with E-state index in [0.29, 0.717) is 63.6 Å². The summed E-state index contributed by atoms with van der Waals surface area (Å²) in [5.74, 6) is -0.420. The Bertz CT molecular complexity index is 3370. The summed E-state index contributed by atoms with van der Waals surface area (Å²) >= 11 is 0. The van der Waals surface area contributed by atoms with Gasteiger partial charge in [0.1, 0.15) is 34.3 Å². The average molecular weight is 1100 g/mol. The Hall–Kier alpha value is -7.14. The van der Waals surface area contributed by atoms with Gasteiger partial charge < -0.3 is 38.3 Å². The highest BCUT2D eigenvalue weighted by Gasteiger charge is 2.50. The maximum absolute atomic E-state index is 14.9. The molecule has 0 radical (unpaired) electrons. The molecule has 0 bridgehead atoms. The number of aromatic amines is 1. The van der Waals surface area contributed by atoms with Gasteiger partial charge in [-0.25, -0.2) is 27.5 Å². The van der Waals surface area contributed by atoms with Crippen molar-refractivity contribution in [3.63, 3.8) is 0 Å². The molecule has 1 aliphatic carbocycles. The number of piperazine rings is 1. The van der Waals surface area contributed by atoms with E-state index < -0.39 is 42.9 Å². The minimum absolute atomic E-state index is 0.0202. The number of ether oxygens (including phenoxy) is 6. The van der Waals surface area contributed by atoms with Gasteiger partial charge in [-0.3, -0.25) is 24.7 Å². The van der Waals surface area contributed by atoms with E-state index in [1.807, 2.05) is 30.8 Å². The Kier molecular flexibility index (Phi) is 14.9. The first-order valence-corrected chi connectivity index (χ1v) is 28.5. The molecule has 20 nitrogen and oxygen atoms in total. The zero-order valence-corrected chi connectivity index (χ0v) is 45.9. The van der Waals surface area contributed by atoms with E-state index in [0.717, 1.165) is 87.3 Å². The van der Waals surface area contributed by atoms with Crippen LogP contribution in [0.5, 0.6) is 34.9 Å². The number of fused-ring (bicyclic) bond motifs is 2. The Morgan fingerprint density at radius 1 is 1.00 bits per heavy atom. The first-order chi connectivity index (χ1) is 37.9. The number of hydrogen-bond donors (Lipinski definition) is 2. The average Bonchev–Trinajstić information content (AvgIpc) is 3.98. The second-order valence-corrected chi connectivity index (χ2v) is 24.1. The van der Waals surface area contributed by atoms with Crippen LogP contribution in [-0.4, -0.2) is 127 Å². The van der Waals surface area contributed by atoms with E-state index in [1.54, 1.807) is 12.1 Å². The Morgan fingerprint density at radius 3 is 2.54 bits per heavy atom. The molecule has 22 heteroatoms. The number of rotatable bonds is 16. The van der Waals surface area contributed by atoms with Gasteiger partial charge in [-0.15, -0.1) is 0 Å². The van der Waals surface area contributed by atoms with Gasteiger partial charge >= 0.3 is 5.69 Å². The summed E-state index contributed by atoms with van der Waals surface area (Å²) in [5, 5.41) is 12.3. The van der Waals surface area contributed by atoms with Gasteiger partial charge in [0.2, 0.25) is 0 Å². The normalized spacial score (nSPS) is 19.8. The number of aromatic nitrogens is 4. The predicted octanol–water partition coefficient (Wildman–Crippen LogP) is 9.11. The number of amides is 1. The van der Waals surface area contributed by atoms with E-state index in [9.17, 15) is 27.7 Å². The zero-order chi connectivity index (χ0) is 55.2. The van der Waals surface area contributed by atoms with Gasteiger partial charge in [0.05, 0.1) is 35.8 Å². The number of methoxy groups -OCH3 is 1. The molecule has 418 valence electrons. The first kappa shape index (κ1) is 53.8. The summed E-state index contributed by atoms with van der Waals surface area (Å²) in [6.45, 7) is 15.1. The molecule has 0 unspecified atom stereocenters. The summed E-state index contributed by atoms with van der Waals surface area (Å²) in [4.78, 5) is 48.1. The summed E-state index contributed by atoms with van der Waals surface area (Å²) in [5.41, 5.74) is 3.56. The molecule has 4 aromatic heterocycles. The number of anilines is 1. The standard InChI is InChI=1S/C57H66FN9O11S/c1-35(2)41-8-6-7-9-42(41)47-32-64(31-37-12-17-59-55-50(37)76-34-56(3,4)78-55)20-21-66(47)39-27-57(28-39)15-18-65(19-16-57)38-10-11-43(48(24-38)77-49-26-44-45(58)30-60-51(44)62-54(49)73-5)52(68)63-79(71,72)40-25-46(67(69)70)53(61-29-40)75-33-36-13-22-74-23-14-36/h6-12,17,24-26,29-30,35-36,39,47H,13-16,18-23,27-28,31-34H2,1-5H3,(H,60,62)(H,63,68)/t47-/m0/s1. The van der Waals surface area contributed by atoms with E-state index in [4.69, 9.17) is 28.4 Å². The zero-order valence-electron chi connectivity index (χ0n) is 45.0. The number of H-pyrrole nitrogens is 1. The fourth-order valence-corrected chi connectivity index (χ4v) is 12.9. The molecular weight excluding hydrogens is 1040 g/mol. The minimum Gasteiger partial charge on any atom is -0.483 e. The molecule has 4 fully saturated rings. The summed E-state index contributed by atoms with van der Waals surface area (Å²) < 4.78 is 80.1. The van der Waals surface area contributed by atoms with Gasteiger partial charge in [-0.05, 0) is 98.9 Å². The number of sulfonamides is 1. The number of nitro groups is 1. The third-order valence-electron chi connectivity index (χ3n) is 16.3. The number of nitrogens with zero attached hydrogens (tertiary/aromatic N) is 7. The molecule has 8 heterocycles. The smallest absolute Gasteiger partial charge is 0.332 e. The van der Waals surface area contributed by atoms with Gasteiger partial charge in [-0.2, -0.15) is 4.98 Å². The summed E-state index contributed by atoms with van der Waals surface area (Å²) in [6, 6.07) is 18.5. The Balaban J connectivity index is 0.806. The first-order valence-electron chi connectivity index (χ1n) is 27.0. The van der Waals surface area contributed by atoms with Crippen molar-refractivity contribution >= 4 is 38.3 Å². The van der Waals surface area contributed by atoms with Crippen molar-refractivity contribution in [2.45, 2.75) is 101 Å². The fraction of sp³-hybridized carbons (Fsp3) is 0.474. The Morgan fingerprint density at radius 2 is 1.78 bits per heavy atom. The van der Waals surface area contributed by atoms with Crippen molar-refractivity contribution in [2.75, 3.05) is 71.2 Å². The predicted molar refractivity (Wildman–Crippen MR) is 290 cm³/mol. The second-order valence-electron chi connectivity index (χ2n) is 22.4. The number of carbonyl (C=O) groups is 1. The van der Waals surface area contributed by atoms with Crippen LogP contribution in [-0.2, 0) is 21.3 Å². The Labute approximate surface area is 458 Å². The molecule has 1 spiro atoms. The third-order valence-corrected chi connectivity index (χ3v) is 17.6. The lowest BCUT2D eigenvalue weighted by atomic mass is 9.59. The van der Waals surface area contributed by atoms with Crippen molar-refractivity contribution < 1.29 is 50.9 Å². The van der Waals surface area contributed by atoms with Crippen LogP contribution in [0.25, 0.3) is 11.0 Å². The second kappa shape index (κ2) is 21.8. The van der Waals surface area contributed by atoms with Gasteiger partial charge in [0.15, 0.2) is 11.5 Å². The highest BCUT2D eigenvalue weighted by Crippen LogP contribution is 2.54. The molecule has 1 atom stereocenters. The number of halogens is 1. The molecule has 79 heavy (non-hydrogen) atoms. The topological polar surface area (TPSA) is 226 Å². The monoisotopic (exact) mass is 1100 g/mol. The van der Waals surface area contributed by atoms with E-state index in [-0.39, 0.29) is 63.8 Å². The largest absolute Gasteiger partial charge is 0.483 e. The minimum atomic E-state index is -4.76. The van der Waals surface area contributed by atoms with Crippen LogP contribution in [0.15, 0.2) is 84.1 Å². The summed E-state index contributed by atoms with van der Waals surface area (Å²) in [6.07, 6.45) is 9.27. The molecule has 6 aromatic rings. The number of benzene rings is 2. The van der Waals surface area contributed by atoms with Crippen LogP contribution >= 0.6 is 0 Å². The quantitative estimate of drug-likeness (QED) is 0.0680. The van der Waals surface area contributed by atoms with Crippen LogP contribution in [0, 0.1) is 27.3 Å². The molecule has 1 saturated carbocycles. The van der Waals surface area contributed by atoms with Crippen molar-refractivity contribution in [3.8, 4) is 34.9 Å². The highest BCUT2D eigenvalue weighted by molar-refractivity contribution is 7.90. The molecule has 5 aliphatic rings. The molecule has 2 aromatic carbocycles. The van der Waals surface area contributed by atoms with Crippen molar-refractivity contribution in [2.24, 2.45) is 11.3 Å². The van der Waals surface area contributed by atoms with E-state index in [1.165, 1.54) is 30.4 Å². The van der Waals surface area contributed by atoms with Gasteiger partial charge in [0.25, 0.3) is 33.6 Å². The number of nitrogens with one attached hydrogen (secondary N) is 2. The van der Waals surface area contributed by atoms with Crippen LogP contribution in [0.3, 0.4) is 0 Å². The lowest BCUT2D eigenvalue weighted by molar-refractivity contribution is -0.386. The maximum Gasteiger partial charge on any atom is 0.332 e. The SMILES string of the molecule is COc1nc2[nH]cc(F)c2cc1Oc1cc(N2CCC3(CC2)CC(N2CCN(Cc4ccnc5c4OCC(C)(C)O5)C[C@H]2c2ccccc2C(C)C)C3)ccc1C(=O)NS(=O)(=O)c1cnc(OCC2CCOCC2)c([N+](=O)[O-])c1. The maximum atomic E-state index is 14.9. The fourth-order valence-electron chi connectivity index (χ4n) is 11.9. The van der Waals surface area contributed by atoms with Crippen molar-refractivity contribution in [1.82, 2.24) is 34.5 Å².